The molecule has 1 aromatic rings. The monoisotopic (exact) mass is 643 g/mol. The average Bonchev–Trinajstić information content (AvgIpc) is 2.88. The SMILES string of the molecule is C=CCC(C)(F)OC1CC(C(=O)NNC(=O)[C@H]2CC[Si](NC(=O)COc3ccc(Cl)c(F)c3)CN2C(=O)OC(C)(C)C)C1. The van der Waals surface area contributed by atoms with Crippen LogP contribution in [0.1, 0.15) is 53.4 Å². The van der Waals surface area contributed by atoms with Crippen LogP contribution in [0.2, 0.25) is 11.1 Å². The van der Waals surface area contributed by atoms with E-state index in [4.69, 9.17) is 25.8 Å². The minimum atomic E-state index is -1.86. The van der Waals surface area contributed by atoms with Gasteiger partial charge in [0.15, 0.2) is 15.6 Å². The van der Waals surface area contributed by atoms with Gasteiger partial charge in [-0.3, -0.25) is 30.1 Å². The van der Waals surface area contributed by atoms with Crippen molar-refractivity contribution in [3.63, 3.8) is 0 Å². The Morgan fingerprint density at radius 3 is 2.47 bits per heavy atom. The molecule has 237 valence electrons. The number of carbonyl (C=O) groups is 4. The highest BCUT2D eigenvalue weighted by molar-refractivity contribution is 6.59. The molecule has 1 aliphatic carbocycles. The fraction of sp³-hybridized carbons (Fsp3) is 0.571. The van der Waals surface area contributed by atoms with Gasteiger partial charge in [-0.25, -0.2) is 13.6 Å². The van der Waals surface area contributed by atoms with Crippen molar-refractivity contribution < 1.29 is 42.2 Å². The maximum Gasteiger partial charge on any atom is 0.410 e. The first kappa shape index (κ1) is 34.3. The van der Waals surface area contributed by atoms with Crippen molar-refractivity contribution >= 4 is 44.4 Å². The van der Waals surface area contributed by atoms with Gasteiger partial charge >= 0.3 is 6.09 Å². The smallest absolute Gasteiger partial charge is 0.410 e. The molecule has 3 N–H and O–H groups in total. The number of nitrogens with one attached hydrogen (secondary N) is 3. The van der Waals surface area contributed by atoms with Crippen molar-refractivity contribution in [2.75, 3.05) is 12.8 Å². The first-order chi connectivity index (χ1) is 20.1. The molecule has 1 heterocycles. The molecule has 4 amide bonds. The Labute approximate surface area is 256 Å². The third-order valence-electron chi connectivity index (χ3n) is 6.66. The van der Waals surface area contributed by atoms with Crippen LogP contribution in [-0.2, 0) is 23.9 Å². The van der Waals surface area contributed by atoms with Crippen LogP contribution in [0.15, 0.2) is 30.9 Å². The van der Waals surface area contributed by atoms with E-state index in [-0.39, 0.29) is 36.4 Å². The lowest BCUT2D eigenvalue weighted by atomic mass is 9.81. The van der Waals surface area contributed by atoms with E-state index < -0.39 is 68.1 Å². The van der Waals surface area contributed by atoms with Crippen molar-refractivity contribution in [2.24, 2.45) is 5.92 Å². The predicted molar refractivity (Wildman–Crippen MR) is 155 cm³/mol. The number of rotatable bonds is 10. The lowest BCUT2D eigenvalue weighted by Gasteiger charge is -2.39. The molecule has 11 nitrogen and oxygen atoms in total. The van der Waals surface area contributed by atoms with Crippen LogP contribution < -0.4 is 20.6 Å². The molecule has 15 heteroatoms. The second-order valence-electron chi connectivity index (χ2n) is 11.7. The molecule has 0 aromatic heterocycles. The number of alkyl halides is 1. The van der Waals surface area contributed by atoms with E-state index in [1.807, 2.05) is 0 Å². The molecular formula is C28H38ClF2N4O7Si. The third-order valence-corrected chi connectivity index (χ3v) is 9.21. The Kier molecular flexibility index (Phi) is 11.5. The van der Waals surface area contributed by atoms with E-state index in [1.165, 1.54) is 30.0 Å². The quantitative estimate of drug-likeness (QED) is 0.201. The largest absolute Gasteiger partial charge is 0.484 e. The standard InChI is InChI=1S/C28H38ClF2N4O7Si/c1-6-10-28(5,31)41-19-12-17(13-19)24(37)32-33-25(38)22-9-11-43(16-35(22)26(39)42-27(2,3)4)34-23(36)15-40-18-7-8-20(29)21(30)14-18/h6-8,14,17,19,22H,1,9-13,15-16H2,2-5H3,(H,32,37)(H,33,38)(H,34,36)/t17?,19?,22-,28?/m1/s1. The second-order valence-corrected chi connectivity index (χ2v) is 14.3. The fourth-order valence-corrected chi connectivity index (χ4v) is 6.86. The Bertz CT molecular complexity index is 1210. The summed E-state index contributed by atoms with van der Waals surface area (Å²) in [6, 6.07) is 3.29. The van der Waals surface area contributed by atoms with E-state index >= 15 is 0 Å². The highest BCUT2D eigenvalue weighted by Crippen LogP contribution is 2.35. The molecule has 1 unspecified atom stereocenters. The Morgan fingerprint density at radius 2 is 1.84 bits per heavy atom. The van der Waals surface area contributed by atoms with Crippen molar-refractivity contribution in [2.45, 2.75) is 83.0 Å². The van der Waals surface area contributed by atoms with Gasteiger partial charge in [0.1, 0.15) is 23.2 Å². The lowest BCUT2D eigenvalue weighted by Crippen LogP contribution is -2.62. The van der Waals surface area contributed by atoms with Gasteiger partial charge in [0.05, 0.1) is 11.1 Å². The van der Waals surface area contributed by atoms with E-state index in [2.05, 4.69) is 22.4 Å². The highest BCUT2D eigenvalue weighted by Gasteiger charge is 2.42. The van der Waals surface area contributed by atoms with Gasteiger partial charge in [-0.05, 0) is 65.1 Å². The third kappa shape index (κ3) is 10.5. The van der Waals surface area contributed by atoms with E-state index in [0.29, 0.717) is 18.9 Å². The highest BCUT2D eigenvalue weighted by atomic mass is 35.5. The summed E-state index contributed by atoms with van der Waals surface area (Å²) in [6.45, 7) is 9.48. The molecule has 2 fully saturated rings. The van der Waals surface area contributed by atoms with Gasteiger partial charge in [-0.1, -0.05) is 17.7 Å². The molecule has 2 atom stereocenters. The number of nitrogens with zero attached hydrogens (tertiary/aromatic N) is 1. The van der Waals surface area contributed by atoms with Crippen LogP contribution in [0.25, 0.3) is 0 Å². The molecule has 1 aliphatic heterocycles. The van der Waals surface area contributed by atoms with Crippen LogP contribution in [0.3, 0.4) is 0 Å². The minimum Gasteiger partial charge on any atom is -0.484 e. The summed E-state index contributed by atoms with van der Waals surface area (Å²) in [5, 5.41) is -0.0725. The number of hydrazine groups is 1. The van der Waals surface area contributed by atoms with E-state index in [1.54, 1.807) is 20.8 Å². The predicted octanol–water partition coefficient (Wildman–Crippen LogP) is 3.72. The topological polar surface area (TPSA) is 135 Å². The summed E-state index contributed by atoms with van der Waals surface area (Å²) in [6.07, 6.45) is 1.14. The molecule has 1 saturated heterocycles. The first-order valence-corrected chi connectivity index (χ1v) is 16.2. The zero-order valence-corrected chi connectivity index (χ0v) is 26.4. The van der Waals surface area contributed by atoms with Crippen molar-refractivity contribution in [1.82, 2.24) is 20.7 Å². The number of benzene rings is 1. The molecule has 0 spiro atoms. The summed E-state index contributed by atoms with van der Waals surface area (Å²) in [4.78, 5) is 55.3. The van der Waals surface area contributed by atoms with Crippen molar-refractivity contribution in [3.8, 4) is 5.75 Å². The fourth-order valence-electron chi connectivity index (χ4n) is 4.54. The Hall–Kier alpha value is -3.23. The molecule has 1 radical (unpaired) electrons. The van der Waals surface area contributed by atoms with Crippen LogP contribution in [0.5, 0.6) is 5.75 Å². The van der Waals surface area contributed by atoms with Gasteiger partial charge in [-0.15, -0.1) is 6.58 Å². The maximum atomic E-state index is 14.2. The summed E-state index contributed by atoms with van der Waals surface area (Å²) < 4.78 is 44.1. The van der Waals surface area contributed by atoms with E-state index in [9.17, 15) is 28.0 Å². The maximum absolute atomic E-state index is 14.2. The molecule has 3 rings (SSSR count). The summed E-state index contributed by atoms with van der Waals surface area (Å²) in [7, 11) is -1.71. The zero-order valence-electron chi connectivity index (χ0n) is 24.6. The van der Waals surface area contributed by atoms with Gasteiger partial charge in [0.2, 0.25) is 17.7 Å². The van der Waals surface area contributed by atoms with Crippen molar-refractivity contribution in [1.29, 1.82) is 0 Å². The molecular weight excluding hydrogens is 606 g/mol. The van der Waals surface area contributed by atoms with Crippen LogP contribution in [-0.4, -0.2) is 74.0 Å². The summed E-state index contributed by atoms with van der Waals surface area (Å²) >= 11 is 5.66. The summed E-state index contributed by atoms with van der Waals surface area (Å²) in [5.41, 5.74) is 3.93. The number of amides is 4. The molecule has 0 bridgehead atoms. The van der Waals surface area contributed by atoms with Crippen molar-refractivity contribution in [3.05, 3.63) is 41.7 Å². The lowest BCUT2D eigenvalue weighted by molar-refractivity contribution is -0.196. The van der Waals surface area contributed by atoms with Crippen LogP contribution >= 0.6 is 11.6 Å². The number of ether oxygens (including phenoxy) is 3. The Morgan fingerprint density at radius 1 is 1.16 bits per heavy atom. The number of hydrogen-bond donors (Lipinski definition) is 3. The van der Waals surface area contributed by atoms with E-state index in [0.717, 1.165) is 6.07 Å². The van der Waals surface area contributed by atoms with Crippen LogP contribution in [0.4, 0.5) is 13.6 Å². The molecule has 2 aliphatic rings. The van der Waals surface area contributed by atoms with Gasteiger partial charge in [0.25, 0.3) is 5.91 Å². The molecule has 1 saturated carbocycles. The van der Waals surface area contributed by atoms with Crippen LogP contribution in [0, 0.1) is 11.7 Å². The zero-order chi connectivity index (χ0) is 31.9. The minimum absolute atomic E-state index is 0.0248. The van der Waals surface area contributed by atoms with Gasteiger partial charge in [-0.2, -0.15) is 0 Å². The number of carbonyl (C=O) groups excluding carboxylic acids is 4. The van der Waals surface area contributed by atoms with Gasteiger partial charge < -0.3 is 19.2 Å². The number of hydrogen-bond acceptors (Lipinski definition) is 7. The molecule has 43 heavy (non-hydrogen) atoms. The second kappa shape index (κ2) is 14.5. The van der Waals surface area contributed by atoms with Gasteiger partial charge in [0, 0.05) is 24.6 Å². The average molecular weight is 644 g/mol. The first-order valence-electron chi connectivity index (χ1n) is 13.9. The Balaban J connectivity index is 1.53. The molecule has 1 aromatic carbocycles. The normalized spacial score (nSPS) is 21.9. The summed E-state index contributed by atoms with van der Waals surface area (Å²) in [5.74, 6) is -4.41. The number of halogens is 3.